The molecule has 1 aliphatic carbocycles. The Balaban J connectivity index is 1.47. The summed E-state index contributed by atoms with van der Waals surface area (Å²) in [5.74, 6) is -5.90. The standard InChI is InChI=1S/C26H28F4N4O2/c1-13-6-16(17-4-5-32-22-20(17)19(28)8-33-22)7-18(27)21(13)26(36)14(2)9-34(10-15(26)3)23(35)24(31)11-25(29,30)12-24/h4-8,14-15,36H,9-12,31H2,1-3H3,(H,32,33)/t14-,15+,26?. The number of aromatic nitrogens is 2. The number of nitrogens with zero attached hydrogens (tertiary/aromatic N) is 2. The van der Waals surface area contributed by atoms with Crippen LogP contribution in [-0.4, -0.2) is 50.4 Å². The Morgan fingerprint density at radius 3 is 2.39 bits per heavy atom. The third-order valence-corrected chi connectivity index (χ3v) is 7.88. The minimum Gasteiger partial charge on any atom is -0.384 e. The van der Waals surface area contributed by atoms with E-state index in [1.165, 1.54) is 23.4 Å². The number of piperidine rings is 1. The van der Waals surface area contributed by atoms with Gasteiger partial charge in [-0.15, -0.1) is 0 Å². The highest BCUT2D eigenvalue weighted by atomic mass is 19.3. The van der Waals surface area contributed by atoms with Crippen LogP contribution in [0.1, 0.15) is 37.8 Å². The monoisotopic (exact) mass is 504 g/mol. The maximum atomic E-state index is 15.7. The number of aryl methyl sites for hydroxylation is 1. The molecule has 3 aromatic rings. The summed E-state index contributed by atoms with van der Waals surface area (Å²) in [7, 11) is 0. The summed E-state index contributed by atoms with van der Waals surface area (Å²) < 4.78 is 57.0. The largest absolute Gasteiger partial charge is 0.384 e. The zero-order chi connectivity index (χ0) is 26.2. The van der Waals surface area contributed by atoms with Crippen LogP contribution in [0.15, 0.2) is 30.6 Å². The van der Waals surface area contributed by atoms with Gasteiger partial charge in [-0.1, -0.05) is 19.9 Å². The molecule has 10 heteroatoms. The number of H-pyrrole nitrogens is 1. The lowest BCUT2D eigenvalue weighted by atomic mass is 9.67. The molecule has 2 aromatic heterocycles. The summed E-state index contributed by atoms with van der Waals surface area (Å²) in [5.41, 5.74) is 4.54. The van der Waals surface area contributed by atoms with Gasteiger partial charge >= 0.3 is 0 Å². The maximum Gasteiger partial charge on any atom is 0.252 e. The first-order valence-electron chi connectivity index (χ1n) is 11.9. The number of halogens is 4. The number of hydrogen-bond donors (Lipinski definition) is 3. The van der Waals surface area contributed by atoms with E-state index in [0.29, 0.717) is 22.3 Å². The maximum absolute atomic E-state index is 15.7. The summed E-state index contributed by atoms with van der Waals surface area (Å²) in [6.45, 7) is 5.16. The molecule has 2 aliphatic rings. The molecule has 1 saturated heterocycles. The summed E-state index contributed by atoms with van der Waals surface area (Å²) in [5, 5.41) is 12.1. The van der Waals surface area contributed by atoms with Crippen molar-refractivity contribution in [3.63, 3.8) is 0 Å². The van der Waals surface area contributed by atoms with Crippen LogP contribution < -0.4 is 5.73 Å². The number of alkyl halides is 2. The predicted molar refractivity (Wildman–Crippen MR) is 126 cm³/mol. The van der Waals surface area contributed by atoms with E-state index < -0.39 is 59.3 Å². The number of likely N-dealkylation sites (tertiary alicyclic amines) is 1. The van der Waals surface area contributed by atoms with Crippen molar-refractivity contribution in [3.05, 3.63) is 53.4 Å². The third kappa shape index (κ3) is 3.61. The average molecular weight is 505 g/mol. The Morgan fingerprint density at radius 2 is 1.81 bits per heavy atom. The molecule has 1 aromatic carbocycles. The lowest BCUT2D eigenvalue weighted by molar-refractivity contribution is -0.176. The van der Waals surface area contributed by atoms with Gasteiger partial charge in [-0.25, -0.2) is 22.5 Å². The smallest absolute Gasteiger partial charge is 0.252 e. The molecule has 4 N–H and O–H groups in total. The molecule has 0 bridgehead atoms. The van der Waals surface area contributed by atoms with Crippen molar-refractivity contribution in [2.45, 2.75) is 50.7 Å². The highest BCUT2D eigenvalue weighted by Gasteiger charge is 2.61. The molecule has 0 radical (unpaired) electrons. The number of aliphatic hydroxyl groups is 1. The Kier molecular flexibility index (Phi) is 5.50. The molecular formula is C26H28F4N4O2. The quantitative estimate of drug-likeness (QED) is 0.465. The van der Waals surface area contributed by atoms with E-state index >= 15 is 4.39 Å². The summed E-state index contributed by atoms with van der Waals surface area (Å²) >= 11 is 0. The number of benzene rings is 1. The Hall–Kier alpha value is -2.98. The number of hydrogen-bond acceptors (Lipinski definition) is 4. The van der Waals surface area contributed by atoms with E-state index in [4.69, 9.17) is 5.73 Å². The SMILES string of the molecule is Cc1cc(-c2ccnc3[nH]cc(F)c23)cc(F)c1C1(O)[C@H](C)CN(C(=O)C2(N)CC(F)(F)C2)C[C@@H]1C. The van der Waals surface area contributed by atoms with E-state index in [0.717, 1.165) is 0 Å². The fourth-order valence-electron chi connectivity index (χ4n) is 6.16. The zero-order valence-electron chi connectivity index (χ0n) is 20.2. The summed E-state index contributed by atoms with van der Waals surface area (Å²) in [6, 6.07) is 4.56. The van der Waals surface area contributed by atoms with Crippen molar-refractivity contribution >= 4 is 16.9 Å². The van der Waals surface area contributed by atoms with Crippen LogP contribution in [0.3, 0.4) is 0 Å². The third-order valence-electron chi connectivity index (χ3n) is 7.88. The van der Waals surface area contributed by atoms with E-state index in [2.05, 4.69) is 9.97 Å². The molecule has 5 rings (SSSR count). The fourth-order valence-corrected chi connectivity index (χ4v) is 6.16. The predicted octanol–water partition coefficient (Wildman–Crippen LogP) is 4.25. The van der Waals surface area contributed by atoms with Crippen molar-refractivity contribution in [1.82, 2.24) is 14.9 Å². The van der Waals surface area contributed by atoms with E-state index in [9.17, 15) is 23.1 Å². The molecule has 192 valence electrons. The van der Waals surface area contributed by atoms with Crippen LogP contribution in [0.25, 0.3) is 22.2 Å². The van der Waals surface area contributed by atoms with Gasteiger partial charge in [-0.2, -0.15) is 0 Å². The van der Waals surface area contributed by atoms with Gasteiger partial charge in [0, 0.05) is 55.7 Å². The first-order chi connectivity index (χ1) is 16.8. The summed E-state index contributed by atoms with van der Waals surface area (Å²) in [6.07, 6.45) is 1.28. The second-order valence-electron chi connectivity index (χ2n) is 10.6. The van der Waals surface area contributed by atoms with Crippen LogP contribution in [0.5, 0.6) is 0 Å². The number of carbonyl (C=O) groups excluding carboxylic acids is 1. The van der Waals surface area contributed by atoms with Gasteiger partial charge in [-0.05, 0) is 35.7 Å². The number of nitrogens with two attached hydrogens (primary N) is 1. The topological polar surface area (TPSA) is 95.2 Å². The normalized spacial score (nSPS) is 27.2. The number of pyridine rings is 1. The van der Waals surface area contributed by atoms with Crippen molar-refractivity contribution in [1.29, 1.82) is 0 Å². The Morgan fingerprint density at radius 1 is 1.17 bits per heavy atom. The number of amides is 1. The van der Waals surface area contributed by atoms with Crippen LogP contribution in [0.4, 0.5) is 17.6 Å². The number of carbonyl (C=O) groups is 1. The van der Waals surface area contributed by atoms with Gasteiger partial charge < -0.3 is 20.7 Å². The fraction of sp³-hybridized carbons (Fsp3) is 0.462. The van der Waals surface area contributed by atoms with Crippen LogP contribution in [-0.2, 0) is 10.4 Å². The molecule has 2 fully saturated rings. The average Bonchev–Trinajstić information content (AvgIpc) is 3.16. The molecular weight excluding hydrogens is 476 g/mol. The lowest BCUT2D eigenvalue weighted by Gasteiger charge is -2.52. The van der Waals surface area contributed by atoms with Gasteiger partial charge in [0.15, 0.2) is 5.82 Å². The van der Waals surface area contributed by atoms with Crippen molar-refractivity contribution in [2.24, 2.45) is 17.6 Å². The second kappa shape index (κ2) is 8.01. The van der Waals surface area contributed by atoms with E-state index in [1.54, 1.807) is 32.9 Å². The van der Waals surface area contributed by atoms with Crippen molar-refractivity contribution in [3.8, 4) is 11.1 Å². The number of aromatic amines is 1. The highest BCUT2D eigenvalue weighted by Crippen LogP contribution is 2.48. The first kappa shape index (κ1) is 24.7. The van der Waals surface area contributed by atoms with Crippen molar-refractivity contribution in [2.75, 3.05) is 13.1 Å². The number of rotatable bonds is 3. The minimum atomic E-state index is -2.95. The lowest BCUT2D eigenvalue weighted by Crippen LogP contribution is -2.69. The van der Waals surface area contributed by atoms with Gasteiger partial charge in [0.25, 0.3) is 5.92 Å². The molecule has 1 saturated carbocycles. The van der Waals surface area contributed by atoms with Crippen molar-refractivity contribution < 1.29 is 27.5 Å². The Bertz CT molecular complexity index is 1330. The summed E-state index contributed by atoms with van der Waals surface area (Å²) in [4.78, 5) is 21.2. The molecule has 36 heavy (non-hydrogen) atoms. The van der Waals surface area contributed by atoms with Gasteiger partial charge in [-0.3, -0.25) is 4.79 Å². The Labute approximate surface area is 205 Å². The number of nitrogens with one attached hydrogen (secondary N) is 1. The highest BCUT2D eigenvalue weighted by molar-refractivity contribution is 5.93. The zero-order valence-corrected chi connectivity index (χ0v) is 20.2. The molecule has 1 aliphatic heterocycles. The van der Waals surface area contributed by atoms with Crippen LogP contribution in [0.2, 0.25) is 0 Å². The molecule has 3 heterocycles. The minimum absolute atomic E-state index is 0.0460. The van der Waals surface area contributed by atoms with E-state index in [-0.39, 0.29) is 24.0 Å². The van der Waals surface area contributed by atoms with Gasteiger partial charge in [0.05, 0.1) is 5.39 Å². The molecule has 1 amide bonds. The van der Waals surface area contributed by atoms with Crippen LogP contribution in [0, 0.1) is 30.4 Å². The van der Waals surface area contributed by atoms with Gasteiger partial charge in [0.2, 0.25) is 5.91 Å². The second-order valence-corrected chi connectivity index (χ2v) is 10.6. The van der Waals surface area contributed by atoms with E-state index in [1.807, 2.05) is 0 Å². The van der Waals surface area contributed by atoms with Crippen LogP contribution >= 0.6 is 0 Å². The number of fused-ring (bicyclic) bond motifs is 1. The first-order valence-corrected chi connectivity index (χ1v) is 11.9. The molecule has 0 spiro atoms. The molecule has 1 unspecified atom stereocenters. The van der Waals surface area contributed by atoms with Gasteiger partial charge in [0.1, 0.15) is 22.6 Å². The molecule has 6 nitrogen and oxygen atoms in total. The molecule has 3 atom stereocenters.